The summed E-state index contributed by atoms with van der Waals surface area (Å²) < 4.78 is 26.7. The first kappa shape index (κ1) is 15.7. The molecule has 1 aromatic heterocycles. The van der Waals surface area contributed by atoms with Crippen molar-refractivity contribution in [3.63, 3.8) is 0 Å². The zero-order valence-corrected chi connectivity index (χ0v) is 12.4. The number of nitrogens with one attached hydrogen (secondary N) is 1. The summed E-state index contributed by atoms with van der Waals surface area (Å²) in [6, 6.07) is 0.524. The third-order valence-electron chi connectivity index (χ3n) is 2.50. The van der Waals surface area contributed by atoms with Gasteiger partial charge >= 0.3 is 5.97 Å². The number of carboxylic acids is 1. The minimum Gasteiger partial charge on any atom is -0.477 e. The largest absolute Gasteiger partial charge is 0.477 e. The van der Waals surface area contributed by atoms with Crippen molar-refractivity contribution in [2.24, 2.45) is 5.92 Å². The molecule has 1 unspecified atom stereocenters. The van der Waals surface area contributed by atoms with E-state index in [0.717, 1.165) is 17.4 Å². The zero-order chi connectivity index (χ0) is 14.8. The van der Waals surface area contributed by atoms with Crippen molar-refractivity contribution in [2.45, 2.75) is 31.7 Å². The van der Waals surface area contributed by atoms with Crippen LogP contribution >= 0.6 is 11.3 Å². The van der Waals surface area contributed by atoms with E-state index in [-0.39, 0.29) is 15.7 Å². The van der Waals surface area contributed by atoms with Crippen LogP contribution in [-0.4, -0.2) is 25.5 Å². The summed E-state index contributed by atoms with van der Waals surface area (Å²) in [5.41, 5.74) is 0. The Morgan fingerprint density at radius 1 is 1.53 bits per heavy atom. The first-order valence-corrected chi connectivity index (χ1v) is 7.81. The number of rotatable bonds is 5. The maximum atomic E-state index is 12.2. The fourth-order valence-electron chi connectivity index (χ4n) is 1.43. The Bertz CT molecular complexity index is 623. The van der Waals surface area contributed by atoms with Gasteiger partial charge < -0.3 is 5.11 Å². The summed E-state index contributed by atoms with van der Waals surface area (Å²) in [4.78, 5) is 11.2. The van der Waals surface area contributed by atoms with Crippen LogP contribution in [0.1, 0.15) is 28.4 Å². The van der Waals surface area contributed by atoms with E-state index < -0.39 is 22.0 Å². The molecule has 0 fully saturated rings. The maximum absolute atomic E-state index is 12.2. The van der Waals surface area contributed by atoms with E-state index in [1.807, 2.05) is 0 Å². The van der Waals surface area contributed by atoms with Gasteiger partial charge in [-0.15, -0.1) is 17.8 Å². The summed E-state index contributed by atoms with van der Waals surface area (Å²) in [6.45, 7) is 5.17. The second kappa shape index (κ2) is 5.74. The number of terminal acetylenes is 1. The van der Waals surface area contributed by atoms with Crippen LogP contribution in [0.4, 0.5) is 0 Å². The van der Waals surface area contributed by atoms with Gasteiger partial charge in [0.05, 0.1) is 10.9 Å². The van der Waals surface area contributed by atoms with Gasteiger partial charge in [-0.05, 0) is 18.9 Å². The lowest BCUT2D eigenvalue weighted by Gasteiger charge is -2.16. The Balaban J connectivity index is 3.14. The monoisotopic (exact) mass is 301 g/mol. The van der Waals surface area contributed by atoms with E-state index in [1.54, 1.807) is 20.8 Å². The Labute approximate surface area is 116 Å². The van der Waals surface area contributed by atoms with E-state index in [0.29, 0.717) is 4.88 Å². The standard InChI is InChI=1S/C12H15NO4S2/c1-5-9(7(2)3)13-19(16,17)11-6-10(12(14)15)18-8(11)4/h1,6-7,9,13H,2-4H3,(H,14,15). The van der Waals surface area contributed by atoms with Gasteiger partial charge in [-0.2, -0.15) is 4.72 Å². The first-order chi connectivity index (χ1) is 8.69. The molecule has 0 saturated carbocycles. The van der Waals surface area contributed by atoms with Crippen molar-refractivity contribution in [1.29, 1.82) is 0 Å². The van der Waals surface area contributed by atoms with Crippen molar-refractivity contribution in [3.05, 3.63) is 15.8 Å². The average Bonchev–Trinajstić information content (AvgIpc) is 2.68. The van der Waals surface area contributed by atoms with Crippen LogP contribution in [-0.2, 0) is 10.0 Å². The molecule has 0 aromatic carbocycles. The highest BCUT2D eigenvalue weighted by molar-refractivity contribution is 7.89. The number of carboxylic acid groups (broad SMARTS) is 1. The lowest BCUT2D eigenvalue weighted by atomic mass is 10.1. The molecule has 0 amide bonds. The van der Waals surface area contributed by atoms with Crippen molar-refractivity contribution in [2.75, 3.05) is 0 Å². The Morgan fingerprint density at radius 2 is 2.11 bits per heavy atom. The summed E-state index contributed by atoms with van der Waals surface area (Å²) in [5, 5.41) is 8.87. The SMILES string of the molecule is C#CC(NS(=O)(=O)c1cc(C(=O)O)sc1C)C(C)C. The predicted molar refractivity (Wildman–Crippen MR) is 73.8 cm³/mol. The Kier molecular flexibility index (Phi) is 4.74. The number of sulfonamides is 1. The van der Waals surface area contributed by atoms with E-state index in [1.165, 1.54) is 0 Å². The molecule has 0 spiro atoms. The van der Waals surface area contributed by atoms with Crippen molar-refractivity contribution < 1.29 is 18.3 Å². The van der Waals surface area contributed by atoms with Gasteiger partial charge in [0, 0.05) is 4.88 Å². The number of carbonyl (C=O) groups is 1. The fraction of sp³-hybridized carbons (Fsp3) is 0.417. The zero-order valence-electron chi connectivity index (χ0n) is 10.8. The molecule has 0 radical (unpaired) electrons. The van der Waals surface area contributed by atoms with Crippen LogP contribution in [0.25, 0.3) is 0 Å². The molecule has 0 aliphatic heterocycles. The highest BCUT2D eigenvalue weighted by Crippen LogP contribution is 2.26. The second-order valence-corrected chi connectivity index (χ2v) is 7.28. The quantitative estimate of drug-likeness (QED) is 0.811. The van der Waals surface area contributed by atoms with Gasteiger partial charge in [0.15, 0.2) is 0 Å². The van der Waals surface area contributed by atoms with E-state index in [4.69, 9.17) is 11.5 Å². The molecule has 5 nitrogen and oxygen atoms in total. The molecular formula is C12H15NO4S2. The molecule has 7 heteroatoms. The fourth-order valence-corrected chi connectivity index (χ4v) is 4.17. The normalized spacial score (nSPS) is 13.2. The molecular weight excluding hydrogens is 286 g/mol. The number of hydrogen-bond donors (Lipinski definition) is 2. The summed E-state index contributed by atoms with van der Waals surface area (Å²) >= 11 is 0.922. The van der Waals surface area contributed by atoms with Gasteiger partial charge in [0.1, 0.15) is 4.88 Å². The minimum atomic E-state index is -3.81. The molecule has 0 aliphatic carbocycles. The van der Waals surface area contributed by atoms with Crippen molar-refractivity contribution in [3.8, 4) is 12.3 Å². The van der Waals surface area contributed by atoms with Crippen LogP contribution in [0.2, 0.25) is 0 Å². The molecule has 1 rings (SSSR count). The molecule has 1 aromatic rings. The van der Waals surface area contributed by atoms with Gasteiger partial charge in [0.2, 0.25) is 10.0 Å². The lowest BCUT2D eigenvalue weighted by Crippen LogP contribution is -2.37. The third kappa shape index (κ3) is 3.56. The second-order valence-electron chi connectivity index (χ2n) is 4.35. The van der Waals surface area contributed by atoms with E-state index in [9.17, 15) is 13.2 Å². The highest BCUT2D eigenvalue weighted by Gasteiger charge is 2.25. The van der Waals surface area contributed by atoms with Crippen molar-refractivity contribution in [1.82, 2.24) is 4.72 Å². The van der Waals surface area contributed by atoms with Gasteiger partial charge in [-0.3, -0.25) is 0 Å². The lowest BCUT2D eigenvalue weighted by molar-refractivity contribution is 0.0702. The number of hydrogen-bond acceptors (Lipinski definition) is 4. The summed E-state index contributed by atoms with van der Waals surface area (Å²) in [5.74, 6) is 1.17. The van der Waals surface area contributed by atoms with Crippen LogP contribution < -0.4 is 4.72 Å². The highest BCUT2D eigenvalue weighted by atomic mass is 32.2. The Morgan fingerprint density at radius 3 is 2.47 bits per heavy atom. The van der Waals surface area contributed by atoms with Crippen molar-refractivity contribution >= 4 is 27.3 Å². The number of thiophene rings is 1. The molecule has 0 bridgehead atoms. The molecule has 1 atom stereocenters. The summed E-state index contributed by atoms with van der Waals surface area (Å²) in [6.07, 6.45) is 5.28. The first-order valence-electron chi connectivity index (χ1n) is 5.51. The van der Waals surface area contributed by atoms with E-state index in [2.05, 4.69) is 10.6 Å². The smallest absolute Gasteiger partial charge is 0.345 e. The van der Waals surface area contributed by atoms with Crippen LogP contribution in [0, 0.1) is 25.2 Å². The molecule has 0 aliphatic rings. The molecule has 0 saturated heterocycles. The molecule has 2 N–H and O–H groups in total. The van der Waals surface area contributed by atoms with Crippen LogP contribution in [0.5, 0.6) is 0 Å². The van der Waals surface area contributed by atoms with E-state index >= 15 is 0 Å². The Hall–Kier alpha value is -1.36. The van der Waals surface area contributed by atoms with Gasteiger partial charge in [-0.25, -0.2) is 13.2 Å². The number of aromatic carboxylic acids is 1. The third-order valence-corrected chi connectivity index (χ3v) is 5.24. The maximum Gasteiger partial charge on any atom is 0.345 e. The molecule has 1 heterocycles. The predicted octanol–water partition coefficient (Wildman–Crippen LogP) is 1.69. The molecule has 19 heavy (non-hydrogen) atoms. The van der Waals surface area contributed by atoms with Crippen LogP contribution in [0.15, 0.2) is 11.0 Å². The van der Waals surface area contributed by atoms with Gasteiger partial charge in [-0.1, -0.05) is 19.8 Å². The topological polar surface area (TPSA) is 83.5 Å². The van der Waals surface area contributed by atoms with Gasteiger partial charge in [0.25, 0.3) is 0 Å². The van der Waals surface area contributed by atoms with Crippen LogP contribution in [0.3, 0.4) is 0 Å². The molecule has 104 valence electrons. The summed E-state index contributed by atoms with van der Waals surface area (Å²) in [7, 11) is -3.81. The minimum absolute atomic E-state index is 0.0142. The average molecular weight is 301 g/mol. The number of aryl methyl sites for hydroxylation is 1.